The largest absolute Gasteiger partial charge is 0.465 e. The Morgan fingerprint density at radius 3 is 2.72 bits per heavy atom. The van der Waals surface area contributed by atoms with E-state index in [-0.39, 0.29) is 12.1 Å². The van der Waals surface area contributed by atoms with Crippen LogP contribution in [0.3, 0.4) is 0 Å². The molecule has 2 aromatic carbocycles. The molecule has 1 aliphatic rings. The van der Waals surface area contributed by atoms with Crippen LogP contribution < -0.4 is 5.32 Å². The van der Waals surface area contributed by atoms with E-state index < -0.39 is 5.97 Å². The number of aromatic nitrogens is 2. The van der Waals surface area contributed by atoms with Gasteiger partial charge < -0.3 is 19.9 Å². The number of nitrogens with one attached hydrogen (secondary N) is 2. The Balaban J connectivity index is 1.67. The lowest BCUT2D eigenvalue weighted by Gasteiger charge is -2.35. The van der Waals surface area contributed by atoms with E-state index in [0.717, 1.165) is 17.0 Å². The minimum Gasteiger partial charge on any atom is -0.465 e. The Labute approximate surface area is 172 Å². The van der Waals surface area contributed by atoms with Gasteiger partial charge in [0, 0.05) is 23.7 Å². The molecule has 7 nitrogen and oxygen atoms in total. The van der Waals surface area contributed by atoms with Crippen LogP contribution in [0.15, 0.2) is 54.9 Å². The highest BCUT2D eigenvalue weighted by Crippen LogP contribution is 2.34. The summed E-state index contributed by atoms with van der Waals surface area (Å²) in [6.45, 7) is 0.495. The predicted molar refractivity (Wildman–Crippen MR) is 109 cm³/mol. The van der Waals surface area contributed by atoms with E-state index in [9.17, 15) is 9.59 Å². The highest BCUT2D eigenvalue weighted by Gasteiger charge is 2.34. The number of hydrogen-bond donors (Lipinski definition) is 2. The van der Waals surface area contributed by atoms with Crippen LogP contribution in [0.1, 0.15) is 33.4 Å². The molecule has 3 aromatic rings. The number of halogens is 1. The second kappa shape index (κ2) is 7.97. The van der Waals surface area contributed by atoms with Gasteiger partial charge in [-0.1, -0.05) is 35.9 Å². The number of aromatic amines is 1. The highest BCUT2D eigenvalue weighted by molar-refractivity contribution is 6.30. The maximum atomic E-state index is 13.2. The number of carbonyl (C=O) groups excluding carboxylic acids is 2. The molecular formula is C21H19ClN4O3. The summed E-state index contributed by atoms with van der Waals surface area (Å²) >= 11 is 6.04. The summed E-state index contributed by atoms with van der Waals surface area (Å²) in [6.07, 6.45) is 2.30. The van der Waals surface area contributed by atoms with Crippen LogP contribution in [-0.2, 0) is 11.2 Å². The van der Waals surface area contributed by atoms with Gasteiger partial charge in [-0.05, 0) is 29.8 Å². The molecule has 2 amide bonds. The van der Waals surface area contributed by atoms with E-state index in [0.29, 0.717) is 29.2 Å². The molecule has 0 saturated heterocycles. The van der Waals surface area contributed by atoms with E-state index in [1.807, 2.05) is 12.1 Å². The third kappa shape index (κ3) is 3.69. The number of benzene rings is 2. The molecule has 0 unspecified atom stereocenters. The van der Waals surface area contributed by atoms with Crippen molar-refractivity contribution in [1.82, 2.24) is 14.9 Å². The van der Waals surface area contributed by atoms with Crippen molar-refractivity contribution >= 4 is 29.3 Å². The number of carbonyl (C=O) groups is 2. The van der Waals surface area contributed by atoms with Crippen LogP contribution in [0.4, 0.5) is 10.5 Å². The molecule has 1 atom stereocenters. The smallest absolute Gasteiger partial charge is 0.339 e. The van der Waals surface area contributed by atoms with Crippen LogP contribution in [0.5, 0.6) is 0 Å². The van der Waals surface area contributed by atoms with Crippen molar-refractivity contribution in [2.24, 2.45) is 0 Å². The quantitative estimate of drug-likeness (QED) is 0.638. The number of imidazole rings is 1. The number of ether oxygens (including phenoxy) is 1. The molecule has 0 fully saturated rings. The molecule has 0 spiro atoms. The van der Waals surface area contributed by atoms with Gasteiger partial charge >= 0.3 is 12.0 Å². The van der Waals surface area contributed by atoms with Crippen molar-refractivity contribution in [3.05, 3.63) is 82.4 Å². The van der Waals surface area contributed by atoms with Crippen molar-refractivity contribution in [1.29, 1.82) is 0 Å². The van der Waals surface area contributed by atoms with Gasteiger partial charge in [0.05, 0.1) is 30.4 Å². The Morgan fingerprint density at radius 2 is 1.97 bits per heavy atom. The molecule has 8 heteroatoms. The molecule has 29 heavy (non-hydrogen) atoms. The molecule has 0 aliphatic carbocycles. The van der Waals surface area contributed by atoms with Crippen molar-refractivity contribution < 1.29 is 14.3 Å². The molecule has 2 N–H and O–H groups in total. The summed E-state index contributed by atoms with van der Waals surface area (Å²) in [5.74, 6) is -0.511. The third-order valence-corrected chi connectivity index (χ3v) is 5.20. The van der Waals surface area contributed by atoms with Crippen LogP contribution in [-0.4, -0.2) is 40.5 Å². The first-order valence-electron chi connectivity index (χ1n) is 9.11. The van der Waals surface area contributed by atoms with Crippen molar-refractivity contribution in [2.45, 2.75) is 12.5 Å². The van der Waals surface area contributed by atoms with Crippen LogP contribution in [0.25, 0.3) is 0 Å². The van der Waals surface area contributed by atoms with Gasteiger partial charge in [0.1, 0.15) is 6.04 Å². The number of nitrogens with zero attached hydrogens (tertiary/aromatic N) is 2. The van der Waals surface area contributed by atoms with E-state index in [1.165, 1.54) is 7.11 Å². The lowest BCUT2D eigenvalue weighted by molar-refractivity contribution is 0.0602. The molecule has 4 rings (SSSR count). The Bertz CT molecular complexity index is 1050. The van der Waals surface area contributed by atoms with Gasteiger partial charge in [0.25, 0.3) is 0 Å². The minimum atomic E-state index is -0.511. The number of amides is 2. The summed E-state index contributed by atoms with van der Waals surface area (Å²) in [6, 6.07) is 13.4. The number of rotatable bonds is 3. The minimum absolute atomic E-state index is 0.295. The maximum Gasteiger partial charge on any atom is 0.339 e. The second-order valence-electron chi connectivity index (χ2n) is 6.63. The average Bonchev–Trinajstić information content (AvgIpc) is 3.22. The summed E-state index contributed by atoms with van der Waals surface area (Å²) < 4.78 is 4.81. The topological polar surface area (TPSA) is 87.3 Å². The highest BCUT2D eigenvalue weighted by atomic mass is 35.5. The fourth-order valence-corrected chi connectivity index (χ4v) is 3.67. The summed E-state index contributed by atoms with van der Waals surface area (Å²) in [5, 5.41) is 3.47. The van der Waals surface area contributed by atoms with Crippen molar-refractivity contribution in [3.63, 3.8) is 0 Å². The monoisotopic (exact) mass is 410 g/mol. The first-order valence-corrected chi connectivity index (χ1v) is 9.49. The number of urea groups is 1. The van der Waals surface area contributed by atoms with Gasteiger partial charge in [-0.2, -0.15) is 0 Å². The number of anilines is 1. The lowest BCUT2D eigenvalue weighted by Crippen LogP contribution is -2.43. The number of para-hydroxylation sites is 1. The fraction of sp³-hybridized carbons (Fsp3) is 0.190. The number of esters is 1. The van der Waals surface area contributed by atoms with E-state index in [2.05, 4.69) is 15.3 Å². The lowest BCUT2D eigenvalue weighted by atomic mass is 9.96. The predicted octanol–water partition coefficient (Wildman–Crippen LogP) is 4.03. The number of H-pyrrole nitrogens is 1. The number of hydrogen-bond acceptors (Lipinski definition) is 4. The molecule has 1 aliphatic heterocycles. The molecule has 0 radical (unpaired) electrons. The van der Waals surface area contributed by atoms with Gasteiger partial charge in [-0.25, -0.2) is 14.6 Å². The third-order valence-electron chi connectivity index (χ3n) is 4.95. The first-order chi connectivity index (χ1) is 14.1. The number of methoxy groups -OCH3 is 1. The van der Waals surface area contributed by atoms with Crippen molar-refractivity contribution in [3.8, 4) is 0 Å². The number of fused-ring (bicyclic) bond motifs is 1. The second-order valence-corrected chi connectivity index (χ2v) is 7.07. The van der Waals surface area contributed by atoms with Gasteiger partial charge in [-0.15, -0.1) is 0 Å². The normalized spacial score (nSPS) is 15.5. The first kappa shape index (κ1) is 19.0. The SMILES string of the molecule is COC(=O)c1ccccc1NC(=O)N1CCc2[nH]cnc2[C@H]1c1ccc(Cl)cc1. The molecule has 0 bridgehead atoms. The van der Waals surface area contributed by atoms with Gasteiger partial charge in [0.15, 0.2) is 0 Å². The summed E-state index contributed by atoms with van der Waals surface area (Å²) in [7, 11) is 1.31. The van der Waals surface area contributed by atoms with E-state index >= 15 is 0 Å². The molecule has 148 valence electrons. The summed E-state index contributed by atoms with van der Waals surface area (Å²) in [5.41, 5.74) is 3.40. The Morgan fingerprint density at radius 1 is 1.21 bits per heavy atom. The van der Waals surface area contributed by atoms with Crippen LogP contribution in [0.2, 0.25) is 5.02 Å². The van der Waals surface area contributed by atoms with Crippen LogP contribution in [0, 0.1) is 0 Å². The molecule has 2 heterocycles. The fourth-order valence-electron chi connectivity index (χ4n) is 3.55. The van der Waals surface area contributed by atoms with E-state index in [1.54, 1.807) is 47.6 Å². The zero-order valence-electron chi connectivity index (χ0n) is 15.7. The zero-order valence-corrected chi connectivity index (χ0v) is 16.4. The molecular weight excluding hydrogens is 392 g/mol. The Hall–Kier alpha value is -3.32. The molecule has 1 aromatic heterocycles. The van der Waals surface area contributed by atoms with Gasteiger partial charge in [0.2, 0.25) is 0 Å². The zero-order chi connectivity index (χ0) is 20.4. The van der Waals surface area contributed by atoms with E-state index in [4.69, 9.17) is 16.3 Å². The van der Waals surface area contributed by atoms with Crippen molar-refractivity contribution in [2.75, 3.05) is 19.0 Å². The summed E-state index contributed by atoms with van der Waals surface area (Å²) in [4.78, 5) is 34.5. The molecule has 0 saturated carbocycles. The standard InChI is InChI=1S/C21H19ClN4O3/c1-29-20(27)15-4-2-3-5-16(15)25-21(28)26-11-10-17-18(24-12-23-17)19(26)13-6-8-14(22)9-7-13/h2-9,12,19H,10-11H2,1H3,(H,23,24)(H,25,28)/t19-/m1/s1. The van der Waals surface area contributed by atoms with Crippen LogP contribution >= 0.6 is 11.6 Å². The Kier molecular flexibility index (Phi) is 5.22. The average molecular weight is 411 g/mol. The van der Waals surface area contributed by atoms with Gasteiger partial charge in [-0.3, -0.25) is 0 Å². The maximum absolute atomic E-state index is 13.2.